The van der Waals surface area contributed by atoms with Crippen molar-refractivity contribution in [2.24, 2.45) is 0 Å². The van der Waals surface area contributed by atoms with Crippen LogP contribution in [0.25, 0.3) is 0 Å². The monoisotopic (exact) mass is 438 g/mol. The molecule has 1 aliphatic heterocycles. The summed E-state index contributed by atoms with van der Waals surface area (Å²) in [6, 6.07) is 7.84. The van der Waals surface area contributed by atoms with Crippen LogP contribution in [-0.4, -0.2) is 40.9 Å². The Bertz CT molecular complexity index is 825. The molecule has 0 radical (unpaired) electrons. The summed E-state index contributed by atoms with van der Waals surface area (Å²) in [5.74, 6) is 0.762. The molecule has 0 spiro atoms. The van der Waals surface area contributed by atoms with Crippen molar-refractivity contribution >= 4 is 29.2 Å². The minimum Gasteiger partial charge on any atom is -0.487 e. The summed E-state index contributed by atoms with van der Waals surface area (Å²) in [7, 11) is 0. The van der Waals surface area contributed by atoms with Crippen molar-refractivity contribution in [1.29, 1.82) is 0 Å². The smallest absolute Gasteiger partial charge is 0.410 e. The average molecular weight is 439 g/mol. The van der Waals surface area contributed by atoms with Gasteiger partial charge in [-0.2, -0.15) is 0 Å². The van der Waals surface area contributed by atoms with Crippen molar-refractivity contribution in [3.63, 3.8) is 0 Å². The molecule has 1 amide bonds. The number of piperidine rings is 1. The van der Waals surface area contributed by atoms with E-state index in [9.17, 15) is 4.79 Å². The number of ether oxygens (including phenoxy) is 2. The number of amides is 1. The third kappa shape index (κ3) is 5.85. The second-order valence-corrected chi connectivity index (χ2v) is 9.78. The summed E-state index contributed by atoms with van der Waals surface area (Å²) in [5.41, 5.74) is -1.35. The predicted octanol–water partition coefficient (Wildman–Crippen LogP) is 5.64. The first-order valence-electron chi connectivity index (χ1n) is 9.57. The van der Waals surface area contributed by atoms with Crippen molar-refractivity contribution in [2.75, 3.05) is 19.3 Å². The first-order chi connectivity index (χ1) is 13.7. The van der Waals surface area contributed by atoms with E-state index in [1.807, 2.05) is 56.7 Å². The number of alkyl halides is 1. The van der Waals surface area contributed by atoms with Gasteiger partial charge in [0.05, 0.1) is 5.69 Å². The first kappa shape index (κ1) is 21.9. The molecular weight excluding hydrogens is 411 g/mol. The molecule has 3 rings (SSSR count). The lowest BCUT2D eigenvalue weighted by atomic mass is 9.94. The molecule has 5 nitrogen and oxygen atoms in total. The van der Waals surface area contributed by atoms with Gasteiger partial charge in [0.2, 0.25) is 0 Å². The van der Waals surface area contributed by atoms with Gasteiger partial charge in [0.25, 0.3) is 0 Å². The van der Waals surface area contributed by atoms with Crippen LogP contribution in [0, 0.1) is 0 Å². The summed E-state index contributed by atoms with van der Waals surface area (Å²) in [6.45, 7) is 6.41. The predicted molar refractivity (Wildman–Crippen MR) is 114 cm³/mol. The molecule has 2 heterocycles. The van der Waals surface area contributed by atoms with Gasteiger partial charge in [-0.15, -0.1) is 23.1 Å². The zero-order chi connectivity index (χ0) is 21.1. The molecule has 0 unspecified atom stereocenters. The van der Waals surface area contributed by atoms with Crippen LogP contribution < -0.4 is 4.74 Å². The fourth-order valence-electron chi connectivity index (χ4n) is 2.99. The Hall–Kier alpha value is -1.80. The second-order valence-electron chi connectivity index (χ2n) is 8.04. The highest BCUT2D eigenvalue weighted by atomic mass is 32.2. The third-order valence-corrected chi connectivity index (χ3v) is 6.40. The van der Waals surface area contributed by atoms with E-state index >= 15 is 4.39 Å². The summed E-state index contributed by atoms with van der Waals surface area (Å²) >= 11 is 2.99. The number of halogens is 1. The summed E-state index contributed by atoms with van der Waals surface area (Å²) in [4.78, 5) is 19.4. The highest BCUT2D eigenvalue weighted by Crippen LogP contribution is 2.39. The highest BCUT2D eigenvalue weighted by Gasteiger charge is 2.40. The number of aromatic nitrogens is 1. The van der Waals surface area contributed by atoms with Gasteiger partial charge in [-0.05, 0) is 51.3 Å². The van der Waals surface area contributed by atoms with Gasteiger partial charge in [0.15, 0.2) is 5.67 Å². The zero-order valence-electron chi connectivity index (χ0n) is 17.2. The minimum absolute atomic E-state index is 0.218. The van der Waals surface area contributed by atoms with Crippen LogP contribution in [0.3, 0.4) is 0 Å². The molecule has 0 bridgehead atoms. The van der Waals surface area contributed by atoms with Gasteiger partial charge in [0, 0.05) is 36.2 Å². The lowest BCUT2D eigenvalue weighted by Gasteiger charge is -2.36. The van der Waals surface area contributed by atoms with Crippen LogP contribution in [0.2, 0.25) is 0 Å². The number of hydrogen-bond acceptors (Lipinski definition) is 6. The molecule has 1 aliphatic rings. The van der Waals surface area contributed by atoms with E-state index in [-0.39, 0.29) is 18.9 Å². The largest absolute Gasteiger partial charge is 0.487 e. The van der Waals surface area contributed by atoms with E-state index in [1.165, 1.54) is 16.2 Å². The number of thioether (sulfide) groups is 1. The SMILES string of the molecule is CSc1ccc(OCc2csc(C3(F)CCN(C(=O)OC(C)(C)C)CC3)n2)cc1. The van der Waals surface area contributed by atoms with E-state index in [1.54, 1.807) is 16.7 Å². The van der Waals surface area contributed by atoms with Crippen molar-refractivity contribution < 1.29 is 18.7 Å². The van der Waals surface area contributed by atoms with Crippen molar-refractivity contribution in [3.05, 3.63) is 40.3 Å². The number of carbonyl (C=O) groups is 1. The van der Waals surface area contributed by atoms with E-state index < -0.39 is 11.3 Å². The molecule has 29 heavy (non-hydrogen) atoms. The quantitative estimate of drug-likeness (QED) is 0.566. The Morgan fingerprint density at radius 1 is 1.28 bits per heavy atom. The van der Waals surface area contributed by atoms with E-state index in [2.05, 4.69) is 4.98 Å². The van der Waals surface area contributed by atoms with Gasteiger partial charge < -0.3 is 14.4 Å². The molecule has 1 aromatic carbocycles. The lowest BCUT2D eigenvalue weighted by Crippen LogP contribution is -2.45. The number of likely N-dealkylation sites (tertiary alicyclic amines) is 1. The number of carbonyl (C=O) groups excluding carboxylic acids is 1. The maximum absolute atomic E-state index is 15.5. The Morgan fingerprint density at radius 2 is 1.93 bits per heavy atom. The van der Waals surface area contributed by atoms with Crippen LogP contribution in [0.15, 0.2) is 34.5 Å². The second kappa shape index (κ2) is 8.92. The molecule has 0 saturated carbocycles. The molecule has 0 atom stereocenters. The number of hydrogen-bond donors (Lipinski definition) is 0. The van der Waals surface area contributed by atoms with Crippen molar-refractivity contribution in [2.45, 2.75) is 56.4 Å². The van der Waals surface area contributed by atoms with Crippen molar-refractivity contribution in [3.8, 4) is 5.75 Å². The van der Waals surface area contributed by atoms with Gasteiger partial charge in [-0.25, -0.2) is 14.2 Å². The molecule has 0 aliphatic carbocycles. The van der Waals surface area contributed by atoms with Gasteiger partial charge in [-0.3, -0.25) is 0 Å². The van der Waals surface area contributed by atoms with Crippen LogP contribution in [0.4, 0.5) is 9.18 Å². The molecular formula is C21H27FN2O3S2. The maximum Gasteiger partial charge on any atom is 0.410 e. The van der Waals surface area contributed by atoms with Crippen LogP contribution >= 0.6 is 23.1 Å². The van der Waals surface area contributed by atoms with E-state index in [0.29, 0.717) is 30.4 Å². The number of thiazole rings is 1. The van der Waals surface area contributed by atoms with Crippen LogP contribution in [-0.2, 0) is 17.0 Å². The summed E-state index contributed by atoms with van der Waals surface area (Å²) in [5, 5.41) is 2.30. The highest BCUT2D eigenvalue weighted by molar-refractivity contribution is 7.98. The average Bonchev–Trinajstić information content (AvgIpc) is 3.16. The van der Waals surface area contributed by atoms with Gasteiger partial charge >= 0.3 is 6.09 Å². The van der Waals surface area contributed by atoms with Crippen LogP contribution in [0.1, 0.15) is 44.3 Å². The van der Waals surface area contributed by atoms with E-state index in [0.717, 1.165) is 5.75 Å². The normalized spacial score (nSPS) is 16.5. The molecule has 0 N–H and O–H groups in total. The summed E-state index contributed by atoms with van der Waals surface area (Å²) in [6.07, 6.45) is 2.07. The molecule has 2 aromatic rings. The van der Waals surface area contributed by atoms with E-state index in [4.69, 9.17) is 9.47 Å². The topological polar surface area (TPSA) is 51.7 Å². The number of benzene rings is 1. The first-order valence-corrected chi connectivity index (χ1v) is 11.7. The maximum atomic E-state index is 15.5. The van der Waals surface area contributed by atoms with Gasteiger partial charge in [0.1, 0.15) is 23.0 Å². The number of rotatable bonds is 5. The van der Waals surface area contributed by atoms with Crippen molar-refractivity contribution in [1.82, 2.24) is 9.88 Å². The molecule has 158 valence electrons. The fourth-order valence-corrected chi connectivity index (χ4v) is 4.35. The molecule has 8 heteroatoms. The molecule has 1 saturated heterocycles. The number of nitrogens with zero attached hydrogens (tertiary/aromatic N) is 2. The Morgan fingerprint density at radius 3 is 2.52 bits per heavy atom. The molecule has 1 aromatic heterocycles. The molecule has 1 fully saturated rings. The third-order valence-electron chi connectivity index (χ3n) is 4.59. The minimum atomic E-state index is -1.51. The zero-order valence-corrected chi connectivity index (χ0v) is 18.9. The Labute approximate surface area is 179 Å². The lowest BCUT2D eigenvalue weighted by molar-refractivity contribution is 0.00211. The Kier molecular flexibility index (Phi) is 6.73. The Balaban J connectivity index is 1.55. The van der Waals surface area contributed by atoms with Gasteiger partial charge in [-0.1, -0.05) is 0 Å². The standard InChI is InChI=1S/C21H27FN2O3S2/c1-20(2,3)27-19(25)24-11-9-21(22,10-12-24)18-23-15(14-29-18)13-26-16-5-7-17(28-4)8-6-16/h5-8,14H,9-13H2,1-4H3. The summed E-state index contributed by atoms with van der Waals surface area (Å²) < 4.78 is 26.6. The fraction of sp³-hybridized carbons (Fsp3) is 0.524. The van der Waals surface area contributed by atoms with Crippen LogP contribution in [0.5, 0.6) is 5.75 Å².